The molecule has 0 saturated carbocycles. The molecule has 0 bridgehead atoms. The topological polar surface area (TPSA) is 22.2 Å². The van der Waals surface area contributed by atoms with Gasteiger partial charge in [-0.1, -0.05) is 48.0 Å². The number of nitrogens with zero attached hydrogens (tertiary/aromatic N) is 4. The molecule has 0 amide bonds. The molecule has 0 saturated heterocycles. The number of hydrogen-bond acceptors (Lipinski definition) is 5. The molecule has 2 aliphatic rings. The highest BCUT2D eigenvalue weighted by atomic mass is 16.5. The van der Waals surface area contributed by atoms with Crippen LogP contribution in [0.3, 0.4) is 0 Å². The monoisotopic (exact) mass is 502 g/mol. The lowest BCUT2D eigenvalue weighted by Crippen LogP contribution is -2.51. The van der Waals surface area contributed by atoms with Crippen LogP contribution in [0, 0.1) is 6.92 Å². The fourth-order valence-electron chi connectivity index (χ4n) is 5.39. The molecule has 0 atom stereocenters. The molecule has 0 radical (unpaired) electrons. The van der Waals surface area contributed by atoms with Crippen molar-refractivity contribution in [3.8, 4) is 11.5 Å². The van der Waals surface area contributed by atoms with Crippen molar-refractivity contribution in [1.82, 2.24) is 4.90 Å². The van der Waals surface area contributed by atoms with Gasteiger partial charge < -0.3 is 24.3 Å². The molecule has 4 aromatic carbocycles. The van der Waals surface area contributed by atoms with Gasteiger partial charge in [-0.05, 0) is 63.2 Å². The van der Waals surface area contributed by atoms with Crippen LogP contribution < -0.4 is 19.4 Å². The van der Waals surface area contributed by atoms with Gasteiger partial charge in [0, 0.05) is 59.9 Å². The first kappa shape index (κ1) is 24.0. The Balaban J connectivity index is 1.32. The molecule has 0 N–H and O–H groups in total. The number of aryl methyl sites for hydroxylation is 1. The van der Waals surface area contributed by atoms with Crippen molar-refractivity contribution < 1.29 is 4.74 Å². The highest BCUT2D eigenvalue weighted by molar-refractivity contribution is 5.74. The number of hydrogen-bond donors (Lipinski definition) is 0. The summed E-state index contributed by atoms with van der Waals surface area (Å²) in [6.07, 6.45) is 4.17. The predicted molar refractivity (Wildman–Crippen MR) is 157 cm³/mol. The van der Waals surface area contributed by atoms with Crippen molar-refractivity contribution in [2.45, 2.75) is 26.3 Å². The van der Waals surface area contributed by atoms with E-state index in [9.17, 15) is 0 Å². The van der Waals surface area contributed by atoms with Crippen LogP contribution in [0.2, 0.25) is 0 Å². The van der Waals surface area contributed by atoms with Crippen molar-refractivity contribution >= 4 is 22.7 Å². The van der Waals surface area contributed by atoms with Gasteiger partial charge in [0.2, 0.25) is 0 Å². The van der Waals surface area contributed by atoms with E-state index < -0.39 is 0 Å². The lowest BCUT2D eigenvalue weighted by molar-refractivity contribution is 0.464. The van der Waals surface area contributed by atoms with Crippen LogP contribution >= 0.6 is 0 Å². The highest BCUT2D eigenvalue weighted by Crippen LogP contribution is 2.45. The number of fused-ring (bicyclic) bond motifs is 1. The maximum absolute atomic E-state index is 6.39. The molecule has 38 heavy (non-hydrogen) atoms. The van der Waals surface area contributed by atoms with Gasteiger partial charge in [-0.15, -0.1) is 0 Å². The lowest BCUT2D eigenvalue weighted by Gasteiger charge is -2.50. The quantitative estimate of drug-likeness (QED) is 0.277. The molecule has 2 heterocycles. The van der Waals surface area contributed by atoms with Crippen LogP contribution in [0.4, 0.5) is 22.7 Å². The molecule has 5 heteroatoms. The first-order chi connectivity index (χ1) is 18.4. The van der Waals surface area contributed by atoms with Gasteiger partial charge in [0.05, 0.1) is 18.9 Å². The summed E-state index contributed by atoms with van der Waals surface area (Å²) in [5.41, 5.74) is 7.06. The summed E-state index contributed by atoms with van der Waals surface area (Å²) in [5.74, 6) is 1.64. The number of rotatable bonds is 5. The van der Waals surface area contributed by atoms with Gasteiger partial charge in [0.15, 0.2) is 0 Å². The first-order valence-corrected chi connectivity index (χ1v) is 13.1. The van der Waals surface area contributed by atoms with Crippen molar-refractivity contribution in [1.29, 1.82) is 0 Å². The Morgan fingerprint density at radius 2 is 1.37 bits per heavy atom. The molecule has 0 unspecified atom stereocenters. The summed E-state index contributed by atoms with van der Waals surface area (Å²) in [4.78, 5) is 9.21. The lowest BCUT2D eigenvalue weighted by atomic mass is 9.87. The summed E-state index contributed by atoms with van der Waals surface area (Å²) in [6.45, 7) is 8.32. The van der Waals surface area contributed by atoms with Crippen molar-refractivity contribution in [3.05, 3.63) is 121 Å². The molecule has 4 aromatic rings. The van der Waals surface area contributed by atoms with Crippen LogP contribution in [0.5, 0.6) is 11.5 Å². The Labute approximate surface area is 225 Å². The normalized spacial score (nSPS) is 16.1. The third-order valence-electron chi connectivity index (χ3n) is 7.55. The SMILES string of the molecule is Cc1ccc(N2CN(c3cccc(Oc4cccc(N5C=CN(C)C5)c4)c3)c3ccccc3C2(C)C)cc1. The fourth-order valence-corrected chi connectivity index (χ4v) is 5.39. The van der Waals surface area contributed by atoms with Gasteiger partial charge in [-0.25, -0.2) is 0 Å². The zero-order valence-corrected chi connectivity index (χ0v) is 22.5. The largest absolute Gasteiger partial charge is 0.457 e. The Bertz CT molecular complexity index is 1480. The summed E-state index contributed by atoms with van der Waals surface area (Å²) >= 11 is 0. The second kappa shape index (κ2) is 9.49. The molecule has 2 aliphatic heterocycles. The van der Waals surface area contributed by atoms with E-state index >= 15 is 0 Å². The van der Waals surface area contributed by atoms with Crippen molar-refractivity contribution in [3.63, 3.8) is 0 Å². The van der Waals surface area contributed by atoms with Crippen LogP contribution in [0.1, 0.15) is 25.0 Å². The van der Waals surface area contributed by atoms with Gasteiger partial charge in [-0.2, -0.15) is 0 Å². The number of anilines is 4. The Hall–Kier alpha value is -4.38. The molecule has 6 rings (SSSR count). The summed E-state index contributed by atoms with van der Waals surface area (Å²) in [7, 11) is 2.07. The minimum Gasteiger partial charge on any atom is -0.457 e. The molecule has 0 spiro atoms. The van der Waals surface area contributed by atoms with E-state index in [0.29, 0.717) is 0 Å². The molecular weight excluding hydrogens is 468 g/mol. The van der Waals surface area contributed by atoms with Crippen LogP contribution in [0.15, 0.2) is 109 Å². The molecule has 0 aliphatic carbocycles. The zero-order chi connectivity index (χ0) is 26.3. The second-order valence-corrected chi connectivity index (χ2v) is 10.7. The van der Waals surface area contributed by atoms with Gasteiger partial charge >= 0.3 is 0 Å². The van der Waals surface area contributed by atoms with Gasteiger partial charge in [-0.3, -0.25) is 0 Å². The summed E-state index contributed by atoms with van der Waals surface area (Å²) in [5, 5.41) is 0. The highest BCUT2D eigenvalue weighted by Gasteiger charge is 2.38. The second-order valence-electron chi connectivity index (χ2n) is 10.7. The molecule has 0 fully saturated rings. The number of benzene rings is 4. The van der Waals surface area contributed by atoms with Crippen LogP contribution in [-0.4, -0.2) is 25.3 Å². The maximum Gasteiger partial charge on any atom is 0.129 e. The zero-order valence-electron chi connectivity index (χ0n) is 22.5. The summed E-state index contributed by atoms with van der Waals surface area (Å²) < 4.78 is 6.39. The van der Waals surface area contributed by atoms with E-state index in [1.165, 1.54) is 22.5 Å². The van der Waals surface area contributed by atoms with E-state index in [0.717, 1.165) is 36.2 Å². The third-order valence-corrected chi connectivity index (χ3v) is 7.55. The number of para-hydroxylation sites is 1. The van der Waals surface area contributed by atoms with Crippen molar-refractivity contribution in [2.75, 3.05) is 35.1 Å². The minimum atomic E-state index is -0.158. The Kier molecular flexibility index (Phi) is 5.99. The van der Waals surface area contributed by atoms with E-state index in [1.807, 2.05) is 18.2 Å². The van der Waals surface area contributed by atoms with Gasteiger partial charge in [0.1, 0.15) is 11.5 Å². The average molecular weight is 503 g/mol. The smallest absolute Gasteiger partial charge is 0.129 e. The summed E-state index contributed by atoms with van der Waals surface area (Å²) in [6, 6.07) is 34.2. The Morgan fingerprint density at radius 1 is 0.684 bits per heavy atom. The first-order valence-electron chi connectivity index (χ1n) is 13.1. The van der Waals surface area contributed by atoms with Crippen LogP contribution in [-0.2, 0) is 5.54 Å². The Morgan fingerprint density at radius 3 is 2.08 bits per heavy atom. The molecule has 5 nitrogen and oxygen atoms in total. The fraction of sp³-hybridized carbons (Fsp3) is 0.212. The third kappa shape index (κ3) is 4.45. The standard InChI is InChI=1S/C33H34N4O/c1-25-15-17-26(18-16-25)37-24-36(32-14-6-5-13-31(32)33(37,2)3)28-10-8-12-30(22-28)38-29-11-7-9-27(21-29)35-20-19-34(4)23-35/h5-22H,23-24H2,1-4H3. The van der Waals surface area contributed by atoms with E-state index in [4.69, 9.17) is 4.74 Å². The average Bonchev–Trinajstić information content (AvgIpc) is 3.36. The van der Waals surface area contributed by atoms with E-state index in [2.05, 4.69) is 139 Å². The number of ether oxygens (including phenoxy) is 1. The van der Waals surface area contributed by atoms with E-state index in [-0.39, 0.29) is 5.54 Å². The predicted octanol–water partition coefficient (Wildman–Crippen LogP) is 7.82. The molecular formula is C33H34N4O. The van der Waals surface area contributed by atoms with E-state index in [1.54, 1.807) is 0 Å². The maximum atomic E-state index is 6.39. The molecule has 192 valence electrons. The van der Waals surface area contributed by atoms with Crippen molar-refractivity contribution in [2.24, 2.45) is 0 Å². The minimum absolute atomic E-state index is 0.158. The van der Waals surface area contributed by atoms with Crippen LogP contribution in [0.25, 0.3) is 0 Å². The van der Waals surface area contributed by atoms with Gasteiger partial charge in [0.25, 0.3) is 0 Å². The molecule has 0 aromatic heterocycles.